The monoisotopic (exact) mass is 330 g/mol. The highest BCUT2D eigenvalue weighted by Gasteiger charge is 2.44. The molecule has 2 aromatic rings. The predicted octanol–water partition coefficient (Wildman–Crippen LogP) is 2.12. The van der Waals surface area contributed by atoms with Gasteiger partial charge < -0.3 is 4.74 Å². The molecule has 2 heterocycles. The zero-order chi connectivity index (χ0) is 16.2. The van der Waals surface area contributed by atoms with E-state index in [2.05, 4.69) is 0 Å². The number of amides is 4. The Balaban J connectivity index is 1.60. The molecule has 118 valence electrons. The lowest BCUT2D eigenvalue weighted by Crippen LogP contribution is -2.35. The molecule has 0 saturated carbocycles. The number of hydrogen-bond acceptors (Lipinski definition) is 5. The minimum Gasteiger partial charge on any atom is -0.492 e. The first-order chi connectivity index (χ1) is 11.2. The summed E-state index contributed by atoms with van der Waals surface area (Å²) in [6.45, 7) is 0.304. The first-order valence-corrected chi connectivity index (χ1v) is 7.92. The summed E-state index contributed by atoms with van der Waals surface area (Å²) in [4.78, 5) is 38.9. The molecule has 1 aliphatic heterocycles. The third-order valence-electron chi connectivity index (χ3n) is 3.36. The smallest absolute Gasteiger partial charge is 0.334 e. The number of carbonyl (C=O) groups is 3. The summed E-state index contributed by atoms with van der Waals surface area (Å²) in [5, 5.41) is 1.85. The average Bonchev–Trinajstić information content (AvgIpc) is 3.15. The summed E-state index contributed by atoms with van der Waals surface area (Å²) in [5.41, 5.74) is 0. The number of benzene rings is 1. The van der Waals surface area contributed by atoms with Crippen molar-refractivity contribution in [1.29, 1.82) is 0 Å². The van der Waals surface area contributed by atoms with Crippen LogP contribution >= 0.6 is 11.3 Å². The zero-order valence-corrected chi connectivity index (χ0v) is 13.0. The molecule has 1 fully saturated rings. The van der Waals surface area contributed by atoms with E-state index in [9.17, 15) is 14.4 Å². The topological polar surface area (TPSA) is 66.9 Å². The van der Waals surface area contributed by atoms with Crippen LogP contribution in [0.1, 0.15) is 4.88 Å². The normalized spacial score (nSPS) is 14.7. The van der Waals surface area contributed by atoms with Crippen LogP contribution in [-0.2, 0) is 16.1 Å². The van der Waals surface area contributed by atoms with E-state index >= 15 is 0 Å². The molecular formula is C16H14N2O4S. The number of carbonyl (C=O) groups excluding carboxylic acids is 3. The highest BCUT2D eigenvalue weighted by Crippen LogP contribution is 2.18. The molecule has 1 aromatic carbocycles. The number of imide groups is 2. The minimum atomic E-state index is -0.803. The number of rotatable bonds is 6. The van der Waals surface area contributed by atoms with Gasteiger partial charge in [0.05, 0.1) is 13.1 Å². The van der Waals surface area contributed by atoms with E-state index < -0.39 is 17.8 Å². The van der Waals surface area contributed by atoms with E-state index in [0.29, 0.717) is 5.75 Å². The van der Waals surface area contributed by atoms with E-state index in [1.165, 1.54) is 11.3 Å². The third kappa shape index (κ3) is 3.24. The summed E-state index contributed by atoms with van der Waals surface area (Å²) in [7, 11) is 0. The van der Waals surface area contributed by atoms with Crippen LogP contribution in [0.25, 0.3) is 0 Å². The fourth-order valence-corrected chi connectivity index (χ4v) is 2.91. The van der Waals surface area contributed by atoms with Crippen LogP contribution < -0.4 is 4.74 Å². The van der Waals surface area contributed by atoms with Crippen molar-refractivity contribution in [2.24, 2.45) is 0 Å². The van der Waals surface area contributed by atoms with Gasteiger partial charge in [-0.05, 0) is 23.6 Å². The molecule has 6 nitrogen and oxygen atoms in total. The molecule has 23 heavy (non-hydrogen) atoms. The lowest BCUT2D eigenvalue weighted by atomic mass is 10.3. The number of para-hydroxylation sites is 1. The van der Waals surface area contributed by atoms with Crippen LogP contribution in [-0.4, -0.2) is 40.8 Å². The first kappa shape index (κ1) is 15.2. The lowest BCUT2D eigenvalue weighted by Gasteiger charge is -2.15. The molecule has 0 atom stereocenters. The lowest BCUT2D eigenvalue weighted by molar-refractivity contribution is -0.143. The van der Waals surface area contributed by atoms with Gasteiger partial charge in [0.2, 0.25) is 0 Å². The molecule has 7 heteroatoms. The van der Waals surface area contributed by atoms with E-state index in [-0.39, 0.29) is 19.7 Å². The Morgan fingerprint density at radius 1 is 0.913 bits per heavy atom. The molecule has 4 amide bonds. The van der Waals surface area contributed by atoms with Crippen LogP contribution in [0.3, 0.4) is 0 Å². The molecule has 0 bridgehead atoms. The first-order valence-electron chi connectivity index (χ1n) is 7.04. The van der Waals surface area contributed by atoms with E-state index in [4.69, 9.17) is 4.74 Å². The summed E-state index contributed by atoms with van der Waals surface area (Å²) in [6, 6.07) is 12.1. The maximum Gasteiger partial charge on any atom is 0.334 e. The van der Waals surface area contributed by atoms with Gasteiger partial charge in [-0.2, -0.15) is 0 Å². The van der Waals surface area contributed by atoms with E-state index in [0.717, 1.165) is 14.7 Å². The molecule has 0 unspecified atom stereocenters. The largest absolute Gasteiger partial charge is 0.492 e. The zero-order valence-electron chi connectivity index (χ0n) is 12.2. The van der Waals surface area contributed by atoms with Gasteiger partial charge >= 0.3 is 17.8 Å². The maximum atomic E-state index is 12.3. The number of thiophene rings is 1. The Hall–Kier alpha value is -2.67. The quantitative estimate of drug-likeness (QED) is 0.601. The second kappa shape index (κ2) is 6.62. The highest BCUT2D eigenvalue weighted by molar-refractivity contribution is 7.09. The van der Waals surface area contributed by atoms with Crippen molar-refractivity contribution in [3.05, 3.63) is 52.7 Å². The van der Waals surface area contributed by atoms with Gasteiger partial charge in [-0.3, -0.25) is 19.4 Å². The van der Waals surface area contributed by atoms with Crippen molar-refractivity contribution in [3.8, 4) is 5.75 Å². The molecule has 3 rings (SSSR count). The van der Waals surface area contributed by atoms with Crippen molar-refractivity contribution in [2.45, 2.75) is 6.54 Å². The van der Waals surface area contributed by atoms with Gasteiger partial charge in [0.15, 0.2) is 0 Å². The van der Waals surface area contributed by atoms with Gasteiger partial charge in [0.1, 0.15) is 12.4 Å². The molecule has 0 aliphatic carbocycles. The second-order valence-corrected chi connectivity index (χ2v) is 5.90. The van der Waals surface area contributed by atoms with Gasteiger partial charge in [-0.15, -0.1) is 11.3 Å². The van der Waals surface area contributed by atoms with Gasteiger partial charge in [-0.25, -0.2) is 4.79 Å². The summed E-state index contributed by atoms with van der Waals surface area (Å²) in [6.07, 6.45) is 0. The van der Waals surface area contributed by atoms with Crippen LogP contribution in [0.5, 0.6) is 5.75 Å². The van der Waals surface area contributed by atoms with Gasteiger partial charge in [0, 0.05) is 4.88 Å². The molecule has 0 spiro atoms. The van der Waals surface area contributed by atoms with Crippen LogP contribution in [0, 0.1) is 0 Å². The van der Waals surface area contributed by atoms with E-state index in [1.54, 1.807) is 12.1 Å². The SMILES string of the molecule is O=C1C(=O)N(Cc2cccs2)C(=O)N1CCOc1ccccc1. The maximum absolute atomic E-state index is 12.3. The van der Waals surface area contributed by atoms with Crippen molar-refractivity contribution < 1.29 is 19.1 Å². The van der Waals surface area contributed by atoms with Gasteiger partial charge in [-0.1, -0.05) is 24.3 Å². The number of ether oxygens (including phenoxy) is 1. The summed E-state index contributed by atoms with van der Waals surface area (Å²) < 4.78 is 5.47. The minimum absolute atomic E-state index is 0.0409. The Morgan fingerprint density at radius 2 is 1.65 bits per heavy atom. The predicted molar refractivity (Wildman–Crippen MR) is 83.9 cm³/mol. The third-order valence-corrected chi connectivity index (χ3v) is 4.22. The van der Waals surface area contributed by atoms with Crippen molar-refractivity contribution >= 4 is 29.2 Å². The molecular weight excluding hydrogens is 316 g/mol. The Bertz CT molecular complexity index is 715. The fraction of sp³-hybridized carbons (Fsp3) is 0.188. The summed E-state index contributed by atoms with van der Waals surface area (Å²) in [5.74, 6) is -0.945. The molecule has 0 radical (unpaired) electrons. The summed E-state index contributed by atoms with van der Waals surface area (Å²) >= 11 is 1.43. The Kier molecular flexibility index (Phi) is 4.38. The molecule has 0 N–H and O–H groups in total. The van der Waals surface area contributed by atoms with E-state index in [1.807, 2.05) is 35.7 Å². The Morgan fingerprint density at radius 3 is 2.35 bits per heavy atom. The standard InChI is InChI=1S/C16H14N2O4S/c19-14-15(20)18(11-13-7-4-10-23-13)16(21)17(14)8-9-22-12-5-2-1-3-6-12/h1-7,10H,8-9,11H2. The number of hydrogen-bond donors (Lipinski definition) is 0. The second-order valence-electron chi connectivity index (χ2n) is 4.87. The van der Waals surface area contributed by atoms with Crippen molar-refractivity contribution in [3.63, 3.8) is 0 Å². The van der Waals surface area contributed by atoms with Crippen LogP contribution in [0.15, 0.2) is 47.8 Å². The molecule has 1 saturated heterocycles. The highest BCUT2D eigenvalue weighted by atomic mass is 32.1. The van der Waals surface area contributed by atoms with Gasteiger partial charge in [0.25, 0.3) is 0 Å². The molecule has 1 aliphatic rings. The number of urea groups is 1. The van der Waals surface area contributed by atoms with Crippen molar-refractivity contribution in [1.82, 2.24) is 9.80 Å². The van der Waals surface area contributed by atoms with Crippen LogP contribution in [0.2, 0.25) is 0 Å². The number of nitrogens with zero attached hydrogens (tertiary/aromatic N) is 2. The van der Waals surface area contributed by atoms with Crippen molar-refractivity contribution in [2.75, 3.05) is 13.2 Å². The average molecular weight is 330 g/mol. The fourth-order valence-electron chi connectivity index (χ4n) is 2.22. The molecule has 1 aromatic heterocycles. The van der Waals surface area contributed by atoms with Crippen LogP contribution in [0.4, 0.5) is 4.79 Å². The Labute approximate surface area is 136 Å².